The molecule has 1 aromatic rings. The highest BCUT2D eigenvalue weighted by molar-refractivity contribution is 5.93. The molecule has 1 amide bonds. The summed E-state index contributed by atoms with van der Waals surface area (Å²) in [6.07, 6.45) is 0.768. The lowest BCUT2D eigenvalue weighted by molar-refractivity contribution is -0.119. The second-order valence-electron chi connectivity index (χ2n) is 4.05. The Kier molecular flexibility index (Phi) is 3.10. The summed E-state index contributed by atoms with van der Waals surface area (Å²) in [5, 5.41) is 12.3. The van der Waals surface area contributed by atoms with Gasteiger partial charge in [-0.25, -0.2) is 0 Å². The molecule has 0 saturated carbocycles. The predicted molar refractivity (Wildman–Crippen MR) is 60.4 cm³/mol. The first-order valence-electron chi connectivity index (χ1n) is 5.35. The molecule has 0 aliphatic carbocycles. The first-order chi connectivity index (χ1) is 7.66. The second kappa shape index (κ2) is 4.53. The summed E-state index contributed by atoms with van der Waals surface area (Å²) in [6.45, 7) is 2.95. The Morgan fingerprint density at radius 1 is 1.56 bits per heavy atom. The van der Waals surface area contributed by atoms with Gasteiger partial charge in [-0.2, -0.15) is 0 Å². The summed E-state index contributed by atoms with van der Waals surface area (Å²) in [4.78, 5) is 11.7. The zero-order chi connectivity index (χ0) is 11.5. The van der Waals surface area contributed by atoms with Gasteiger partial charge < -0.3 is 15.2 Å². The summed E-state index contributed by atoms with van der Waals surface area (Å²) < 4.78 is 5.15. The van der Waals surface area contributed by atoms with E-state index in [0.29, 0.717) is 18.9 Å². The zero-order valence-corrected chi connectivity index (χ0v) is 9.19. The molecule has 86 valence electrons. The van der Waals surface area contributed by atoms with Crippen LogP contribution in [0.5, 0.6) is 5.75 Å². The van der Waals surface area contributed by atoms with E-state index in [1.807, 2.05) is 6.92 Å². The van der Waals surface area contributed by atoms with Crippen molar-refractivity contribution in [3.05, 3.63) is 23.8 Å². The molecule has 1 fully saturated rings. The van der Waals surface area contributed by atoms with Crippen molar-refractivity contribution in [2.75, 3.05) is 18.5 Å². The number of hydrogen-bond donors (Lipinski definition) is 2. The summed E-state index contributed by atoms with van der Waals surface area (Å²) in [6, 6.07) is 5.11. The molecule has 0 aromatic heterocycles. The van der Waals surface area contributed by atoms with Gasteiger partial charge in [0, 0.05) is 18.4 Å². The van der Waals surface area contributed by atoms with E-state index in [1.54, 1.807) is 18.2 Å². The van der Waals surface area contributed by atoms with Crippen LogP contribution in [0, 0.1) is 12.8 Å². The maximum Gasteiger partial charge on any atom is 0.229 e. The van der Waals surface area contributed by atoms with Gasteiger partial charge in [-0.1, -0.05) is 6.07 Å². The molecule has 4 nitrogen and oxygen atoms in total. The average Bonchev–Trinajstić information content (AvgIpc) is 2.77. The normalized spacial score (nSPS) is 19.7. The molecule has 0 bridgehead atoms. The predicted octanol–water partition coefficient (Wildman–Crippen LogP) is 1.68. The highest BCUT2D eigenvalue weighted by Gasteiger charge is 2.23. The molecule has 1 heterocycles. The molecule has 1 saturated heterocycles. The minimum absolute atomic E-state index is 0.0410. The number of ether oxygens (including phenoxy) is 1. The van der Waals surface area contributed by atoms with Crippen molar-refractivity contribution in [1.82, 2.24) is 0 Å². The maximum atomic E-state index is 11.7. The molecule has 0 spiro atoms. The number of aryl methyl sites for hydroxylation is 1. The molecule has 1 aromatic carbocycles. The van der Waals surface area contributed by atoms with Crippen molar-refractivity contribution in [2.45, 2.75) is 13.3 Å². The Balaban J connectivity index is 2.02. The molecule has 4 heteroatoms. The Morgan fingerprint density at radius 2 is 2.38 bits per heavy atom. The molecule has 16 heavy (non-hydrogen) atoms. The molecule has 0 radical (unpaired) electrons. The maximum absolute atomic E-state index is 11.7. The molecule has 1 atom stereocenters. The lowest BCUT2D eigenvalue weighted by Crippen LogP contribution is -2.22. The van der Waals surface area contributed by atoms with Crippen LogP contribution < -0.4 is 5.32 Å². The summed E-state index contributed by atoms with van der Waals surface area (Å²) in [5.41, 5.74) is 1.42. The van der Waals surface area contributed by atoms with Crippen LogP contribution in [-0.4, -0.2) is 24.2 Å². The number of phenols is 1. The third kappa shape index (κ3) is 2.33. The van der Waals surface area contributed by atoms with Crippen LogP contribution in [0.1, 0.15) is 12.0 Å². The lowest BCUT2D eigenvalue weighted by atomic mass is 10.1. The van der Waals surface area contributed by atoms with Gasteiger partial charge in [-0.3, -0.25) is 4.79 Å². The Labute approximate surface area is 94.2 Å². The third-order valence-electron chi connectivity index (χ3n) is 2.78. The Hall–Kier alpha value is -1.55. The van der Waals surface area contributed by atoms with Crippen molar-refractivity contribution in [3.63, 3.8) is 0 Å². The highest BCUT2D eigenvalue weighted by Crippen LogP contribution is 2.22. The van der Waals surface area contributed by atoms with E-state index in [0.717, 1.165) is 12.0 Å². The first kappa shape index (κ1) is 11.0. The van der Waals surface area contributed by atoms with Crippen molar-refractivity contribution in [2.24, 2.45) is 5.92 Å². The summed E-state index contributed by atoms with van der Waals surface area (Å²) in [7, 11) is 0. The van der Waals surface area contributed by atoms with Gasteiger partial charge in [-0.15, -0.1) is 0 Å². The fourth-order valence-corrected chi connectivity index (χ4v) is 1.67. The van der Waals surface area contributed by atoms with E-state index < -0.39 is 0 Å². The van der Waals surface area contributed by atoms with Crippen LogP contribution in [0.3, 0.4) is 0 Å². The van der Waals surface area contributed by atoms with Crippen LogP contribution in [0.2, 0.25) is 0 Å². The van der Waals surface area contributed by atoms with Crippen LogP contribution in [0.4, 0.5) is 5.69 Å². The third-order valence-corrected chi connectivity index (χ3v) is 2.78. The van der Waals surface area contributed by atoms with Crippen molar-refractivity contribution in [1.29, 1.82) is 0 Å². The fraction of sp³-hybridized carbons (Fsp3) is 0.417. The van der Waals surface area contributed by atoms with Crippen molar-refractivity contribution >= 4 is 11.6 Å². The summed E-state index contributed by atoms with van der Waals surface area (Å²) >= 11 is 0. The lowest BCUT2D eigenvalue weighted by Gasteiger charge is -2.10. The van der Waals surface area contributed by atoms with Crippen LogP contribution in [0.15, 0.2) is 18.2 Å². The van der Waals surface area contributed by atoms with Crippen LogP contribution in [-0.2, 0) is 9.53 Å². The van der Waals surface area contributed by atoms with E-state index in [4.69, 9.17) is 4.74 Å². The van der Waals surface area contributed by atoms with Gasteiger partial charge in [0.05, 0.1) is 12.5 Å². The summed E-state index contributed by atoms with van der Waals surface area (Å²) in [5.74, 6) is 0.0877. The minimum Gasteiger partial charge on any atom is -0.508 e. The number of carbonyl (C=O) groups excluding carboxylic acids is 1. The number of nitrogens with one attached hydrogen (secondary N) is 1. The van der Waals surface area contributed by atoms with Gasteiger partial charge in [0.2, 0.25) is 5.91 Å². The first-order valence-corrected chi connectivity index (χ1v) is 5.35. The van der Waals surface area contributed by atoms with E-state index in [-0.39, 0.29) is 17.6 Å². The van der Waals surface area contributed by atoms with Gasteiger partial charge in [0.1, 0.15) is 5.75 Å². The fourth-order valence-electron chi connectivity index (χ4n) is 1.67. The number of amides is 1. The van der Waals surface area contributed by atoms with E-state index in [9.17, 15) is 9.90 Å². The monoisotopic (exact) mass is 221 g/mol. The zero-order valence-electron chi connectivity index (χ0n) is 9.19. The smallest absolute Gasteiger partial charge is 0.229 e. The molecular weight excluding hydrogens is 206 g/mol. The molecule has 1 aliphatic heterocycles. The molecular formula is C12H15NO3. The quantitative estimate of drug-likeness (QED) is 0.798. The van der Waals surface area contributed by atoms with E-state index >= 15 is 0 Å². The topological polar surface area (TPSA) is 58.6 Å². The van der Waals surface area contributed by atoms with Gasteiger partial charge in [-0.05, 0) is 25.0 Å². The Morgan fingerprint density at radius 3 is 3.00 bits per heavy atom. The number of phenolic OH excluding ortho intramolecular Hbond substituents is 1. The Bertz CT molecular complexity index is 397. The minimum atomic E-state index is -0.0663. The largest absolute Gasteiger partial charge is 0.508 e. The van der Waals surface area contributed by atoms with E-state index in [2.05, 4.69) is 5.32 Å². The van der Waals surface area contributed by atoms with Crippen LogP contribution >= 0.6 is 0 Å². The number of rotatable bonds is 2. The second-order valence-corrected chi connectivity index (χ2v) is 4.05. The number of hydrogen-bond acceptors (Lipinski definition) is 3. The number of carbonyl (C=O) groups is 1. The number of aromatic hydroxyl groups is 1. The molecule has 2 N–H and O–H groups in total. The molecule has 1 aliphatic rings. The molecule has 1 unspecified atom stereocenters. The average molecular weight is 221 g/mol. The van der Waals surface area contributed by atoms with Crippen molar-refractivity contribution < 1.29 is 14.6 Å². The van der Waals surface area contributed by atoms with Crippen molar-refractivity contribution in [3.8, 4) is 5.75 Å². The van der Waals surface area contributed by atoms with Crippen LogP contribution in [0.25, 0.3) is 0 Å². The standard InChI is InChI=1S/C12H15NO3/c1-8-2-3-10(6-11(8)14)13-12(15)9-4-5-16-7-9/h2-3,6,9,14H,4-5,7H2,1H3,(H,13,15). The highest BCUT2D eigenvalue weighted by atomic mass is 16.5. The van der Waals surface area contributed by atoms with Gasteiger partial charge in [0.25, 0.3) is 0 Å². The molecule has 2 rings (SSSR count). The number of anilines is 1. The SMILES string of the molecule is Cc1ccc(NC(=O)C2CCOC2)cc1O. The van der Waals surface area contributed by atoms with Gasteiger partial charge in [0.15, 0.2) is 0 Å². The van der Waals surface area contributed by atoms with Gasteiger partial charge >= 0.3 is 0 Å². The number of benzene rings is 1. The van der Waals surface area contributed by atoms with E-state index in [1.165, 1.54) is 0 Å².